The molecule has 0 saturated carbocycles. The summed E-state index contributed by atoms with van der Waals surface area (Å²) in [6.07, 6.45) is 0.927. The van der Waals surface area contributed by atoms with Crippen LogP contribution >= 0.6 is 22.9 Å². The normalized spacial score (nSPS) is 18.7. The van der Waals surface area contributed by atoms with Gasteiger partial charge in [-0.1, -0.05) is 159 Å². The summed E-state index contributed by atoms with van der Waals surface area (Å²) in [5.41, 5.74) is 7.29. The van der Waals surface area contributed by atoms with Crippen LogP contribution in [0.3, 0.4) is 0 Å². The number of fused-ring (bicyclic) bond motifs is 7. The molecule has 4 unspecified atom stereocenters. The summed E-state index contributed by atoms with van der Waals surface area (Å²) in [6, 6.07) is 61.6. The predicted octanol–water partition coefficient (Wildman–Crippen LogP) is 13.7. The van der Waals surface area contributed by atoms with Gasteiger partial charge in [-0.3, -0.25) is 9.13 Å². The molecule has 4 atom stereocenters. The molecule has 0 radical (unpaired) electrons. The second kappa shape index (κ2) is 18.2. The van der Waals surface area contributed by atoms with Crippen molar-refractivity contribution in [2.24, 2.45) is 0 Å². The molecule has 0 fully saturated rings. The van der Waals surface area contributed by atoms with E-state index in [2.05, 4.69) is 24.3 Å². The van der Waals surface area contributed by atoms with Crippen LogP contribution < -0.4 is 29.5 Å². The summed E-state index contributed by atoms with van der Waals surface area (Å²) in [6.45, 7) is 3.52. The van der Waals surface area contributed by atoms with Gasteiger partial charge in [0, 0.05) is 45.9 Å². The summed E-state index contributed by atoms with van der Waals surface area (Å²) in [5.74, 6) is 2.77. The number of phenolic OH excluding ortho intramolecular Hbond substituents is 2. The first-order valence-electron chi connectivity index (χ1n) is 20.3. The Labute approximate surface area is 370 Å². The summed E-state index contributed by atoms with van der Waals surface area (Å²) >= 11 is 0. The lowest BCUT2D eigenvalue weighted by molar-refractivity contribution is 0.457. The molecule has 63 heavy (non-hydrogen) atoms. The smallest absolute Gasteiger partial charge is 0.285 e. The van der Waals surface area contributed by atoms with E-state index in [1.165, 1.54) is 10.9 Å². The number of para-hydroxylation sites is 5. The van der Waals surface area contributed by atoms with E-state index in [0.717, 1.165) is 50.6 Å². The van der Waals surface area contributed by atoms with Crippen molar-refractivity contribution in [2.75, 3.05) is 6.66 Å². The minimum Gasteiger partial charge on any atom is -0.508 e. The molecular weight excluding hydrogens is 841 g/mol. The van der Waals surface area contributed by atoms with Gasteiger partial charge in [0.25, 0.3) is 14.7 Å². The monoisotopic (exact) mass is 888 g/mol. The molecule has 0 aliphatic carbocycles. The SMILES string of the molecule is C.CC(c1ccccc1O)P1(=O)Oc2ccccc2-c2ccccc21.CP1(=O)Oc2ccccc2-c2ccccc21.Oc1ccccc1-c1ccccc1P1Cc2ccccc2O1. The van der Waals surface area contributed by atoms with Crippen molar-refractivity contribution < 1.29 is 32.9 Å². The van der Waals surface area contributed by atoms with E-state index in [0.29, 0.717) is 28.1 Å². The summed E-state index contributed by atoms with van der Waals surface area (Å²) in [7, 11) is -6.68. The Hall–Kier alpha value is -6.35. The van der Waals surface area contributed by atoms with Crippen LogP contribution in [0.5, 0.6) is 28.7 Å². The molecule has 2 N–H and O–H groups in total. The molecule has 3 heterocycles. The second-order valence-corrected chi connectivity index (χ2v) is 21.9. The highest BCUT2D eigenvalue weighted by Gasteiger charge is 2.42. The molecule has 0 spiro atoms. The molecule has 3 aliphatic rings. The molecule has 8 aromatic rings. The summed E-state index contributed by atoms with van der Waals surface area (Å²) in [5, 5.41) is 23.1. The zero-order chi connectivity index (χ0) is 42.8. The van der Waals surface area contributed by atoms with Crippen LogP contribution in [-0.4, -0.2) is 16.9 Å². The van der Waals surface area contributed by atoms with Crippen LogP contribution in [0.1, 0.15) is 31.1 Å². The molecule has 0 aromatic heterocycles. The molecule has 0 saturated heterocycles. The van der Waals surface area contributed by atoms with Gasteiger partial charge in [-0.25, -0.2) is 0 Å². The minimum absolute atomic E-state index is 0. The molecule has 3 aliphatic heterocycles. The van der Waals surface area contributed by atoms with Gasteiger partial charge in [0.05, 0.1) is 16.3 Å². The maximum absolute atomic E-state index is 13.9. The van der Waals surface area contributed by atoms with Gasteiger partial charge in [0.2, 0.25) is 0 Å². The van der Waals surface area contributed by atoms with Crippen LogP contribution in [0, 0.1) is 0 Å². The zero-order valence-electron chi connectivity index (χ0n) is 34.0. The second-order valence-electron chi connectivity index (χ2n) is 15.2. The third kappa shape index (κ3) is 8.45. The molecule has 8 aromatic carbocycles. The van der Waals surface area contributed by atoms with Crippen molar-refractivity contribution in [3.8, 4) is 62.1 Å². The van der Waals surface area contributed by atoms with Gasteiger partial charge in [0.15, 0.2) is 0 Å². The zero-order valence-corrected chi connectivity index (χ0v) is 36.7. The summed E-state index contributed by atoms with van der Waals surface area (Å²) in [4.78, 5) is 0. The number of hydrogen-bond acceptors (Lipinski definition) is 7. The van der Waals surface area contributed by atoms with Crippen molar-refractivity contribution in [3.05, 3.63) is 205 Å². The van der Waals surface area contributed by atoms with Gasteiger partial charge in [-0.05, 0) is 66.1 Å². The van der Waals surface area contributed by atoms with E-state index in [-0.39, 0.29) is 13.2 Å². The van der Waals surface area contributed by atoms with E-state index in [9.17, 15) is 19.3 Å². The highest BCUT2D eigenvalue weighted by molar-refractivity contribution is 7.68. The molecule has 316 valence electrons. The van der Waals surface area contributed by atoms with Gasteiger partial charge in [-0.15, -0.1) is 0 Å². The third-order valence-corrected chi connectivity index (χ3v) is 17.8. The molecule has 7 nitrogen and oxygen atoms in total. The number of aromatic hydroxyl groups is 2. The van der Waals surface area contributed by atoms with Crippen LogP contribution in [-0.2, 0) is 15.3 Å². The first kappa shape index (κ1) is 43.3. The van der Waals surface area contributed by atoms with Crippen LogP contribution in [0.15, 0.2) is 194 Å². The summed E-state index contributed by atoms with van der Waals surface area (Å²) < 4.78 is 44.2. The molecule has 10 heteroatoms. The van der Waals surface area contributed by atoms with Crippen molar-refractivity contribution in [3.63, 3.8) is 0 Å². The number of hydrogen-bond donors (Lipinski definition) is 2. The van der Waals surface area contributed by atoms with Gasteiger partial charge >= 0.3 is 0 Å². The Morgan fingerprint density at radius 1 is 0.492 bits per heavy atom. The van der Waals surface area contributed by atoms with Gasteiger partial charge in [-0.2, -0.15) is 0 Å². The Bertz CT molecular complexity index is 3010. The van der Waals surface area contributed by atoms with Gasteiger partial charge < -0.3 is 23.8 Å². The van der Waals surface area contributed by atoms with Crippen molar-refractivity contribution >= 4 is 38.8 Å². The standard InChI is InChI=1S/C20H17O3P.C19H15O2P.C13H11O2P.CH4/c1-14(15-8-2-5-11-18(15)21)24(22)20-13-7-4-10-17(20)16-9-3-6-12-19(16)23-24;20-17-10-4-2-8-15(17)16-9-3-6-12-19(16)22-13-14-7-1-5-11-18(14)21-22;1-16(14)13-9-5-3-7-11(13)10-6-2-4-8-12(10)15-16;/h2-14,21H,1H3;1-12,20H,13H2;2-9H,1H3;1H4. The first-order valence-corrected chi connectivity index (χ1v) is 25.5. The molecule has 0 amide bonds. The lowest BCUT2D eigenvalue weighted by atomic mass is 10.0. The molecular formula is C53H47O7P3. The Morgan fingerprint density at radius 3 is 1.59 bits per heavy atom. The molecule has 11 rings (SSSR count). The minimum atomic E-state index is -3.24. The third-order valence-electron chi connectivity index (χ3n) is 11.2. The molecule has 0 bridgehead atoms. The fourth-order valence-electron chi connectivity index (χ4n) is 8.09. The fraction of sp³-hybridized carbons (Fsp3) is 0.0943. The van der Waals surface area contributed by atoms with Crippen molar-refractivity contribution in [1.82, 2.24) is 0 Å². The Morgan fingerprint density at radius 2 is 0.952 bits per heavy atom. The lowest BCUT2D eigenvalue weighted by Gasteiger charge is -2.32. The van der Waals surface area contributed by atoms with Gasteiger partial charge in [0.1, 0.15) is 36.9 Å². The average molecular weight is 889 g/mol. The highest BCUT2D eigenvalue weighted by Crippen LogP contribution is 2.64. The largest absolute Gasteiger partial charge is 0.508 e. The first-order chi connectivity index (χ1) is 30.1. The Balaban J connectivity index is 0.000000131. The topological polar surface area (TPSA) is 102 Å². The van der Waals surface area contributed by atoms with E-state index in [1.54, 1.807) is 30.9 Å². The van der Waals surface area contributed by atoms with Crippen molar-refractivity contribution in [2.45, 2.75) is 26.2 Å². The predicted molar refractivity (Wildman–Crippen MR) is 260 cm³/mol. The van der Waals surface area contributed by atoms with Crippen molar-refractivity contribution in [1.29, 1.82) is 0 Å². The number of phenols is 2. The maximum Gasteiger partial charge on any atom is 0.285 e. The van der Waals surface area contributed by atoms with E-state index in [4.69, 9.17) is 13.6 Å². The lowest BCUT2D eigenvalue weighted by Crippen LogP contribution is -2.21. The average Bonchev–Trinajstić information content (AvgIpc) is 3.74. The quantitative estimate of drug-likeness (QED) is 0.170. The fourth-order valence-corrected chi connectivity index (χ4v) is 14.3. The van der Waals surface area contributed by atoms with Crippen LogP contribution in [0.25, 0.3) is 33.4 Å². The highest BCUT2D eigenvalue weighted by atomic mass is 31.2. The number of benzene rings is 8. The maximum atomic E-state index is 13.9. The van der Waals surface area contributed by atoms with Crippen LogP contribution in [0.2, 0.25) is 0 Å². The Kier molecular flexibility index (Phi) is 12.5. The van der Waals surface area contributed by atoms with E-state index < -0.39 is 28.5 Å². The van der Waals surface area contributed by atoms with Crippen LogP contribution in [0.4, 0.5) is 0 Å². The van der Waals surface area contributed by atoms with E-state index >= 15 is 0 Å². The number of rotatable bonds is 4. The van der Waals surface area contributed by atoms with E-state index in [1.807, 2.05) is 153 Å².